The minimum atomic E-state index is -3.92. The van der Waals surface area contributed by atoms with E-state index in [-0.39, 0.29) is 10.7 Å². The summed E-state index contributed by atoms with van der Waals surface area (Å²) in [4.78, 5) is 0.131. The van der Waals surface area contributed by atoms with Crippen LogP contribution in [0.2, 0.25) is 0 Å². The van der Waals surface area contributed by atoms with E-state index in [4.69, 9.17) is 0 Å². The Labute approximate surface area is 156 Å². The highest BCUT2D eigenvalue weighted by molar-refractivity contribution is 7.90. The quantitative estimate of drug-likeness (QED) is 0.405. The molecule has 0 aliphatic rings. The molecular weight excluding hydrogens is 360 g/mol. The first-order valence-corrected chi connectivity index (χ1v) is 9.76. The zero-order valence-corrected chi connectivity index (χ0v) is 15.3. The number of fused-ring (bicyclic) bond motifs is 1. The first-order chi connectivity index (χ1) is 13.0. The van der Waals surface area contributed by atoms with Gasteiger partial charge < -0.3 is 0 Å². The monoisotopic (exact) mass is 376 g/mol. The van der Waals surface area contributed by atoms with Crippen LogP contribution in [0.5, 0.6) is 0 Å². The fourth-order valence-corrected chi connectivity index (χ4v) is 3.70. The van der Waals surface area contributed by atoms with E-state index in [2.05, 4.69) is 14.7 Å². The molecule has 0 N–H and O–H groups in total. The number of hydrogen-bond donors (Lipinski definition) is 0. The molecule has 4 aromatic rings. The average molecular weight is 376 g/mol. The second kappa shape index (κ2) is 6.77. The third-order valence-corrected chi connectivity index (χ3v) is 5.39. The maximum absolute atomic E-state index is 12.9. The van der Waals surface area contributed by atoms with Gasteiger partial charge in [0, 0.05) is 5.56 Å². The predicted octanol–water partition coefficient (Wildman–Crippen LogP) is 3.42. The van der Waals surface area contributed by atoms with Crippen LogP contribution in [0, 0.1) is 6.92 Å². The van der Waals surface area contributed by atoms with E-state index in [0.29, 0.717) is 16.6 Å². The first kappa shape index (κ1) is 17.1. The van der Waals surface area contributed by atoms with E-state index in [1.54, 1.807) is 36.4 Å². The molecule has 0 saturated carbocycles. The van der Waals surface area contributed by atoms with E-state index in [9.17, 15) is 8.42 Å². The van der Waals surface area contributed by atoms with Crippen LogP contribution in [0.3, 0.4) is 0 Å². The van der Waals surface area contributed by atoms with Crippen molar-refractivity contribution >= 4 is 26.9 Å². The standard InChI is InChI=1S/C20H16N4O2S/c1-15-11-13-17(14-12-15)27(25,26)22-20(16-7-3-2-4-8-16)24-19-10-6-5-9-18(19)21-23-24/h2-14H,1H3/b22-20+. The molecule has 1 aromatic heterocycles. The van der Waals surface area contributed by atoms with Crippen LogP contribution in [-0.2, 0) is 10.0 Å². The molecule has 0 amide bonds. The van der Waals surface area contributed by atoms with Gasteiger partial charge in [-0.3, -0.25) is 0 Å². The summed E-state index contributed by atoms with van der Waals surface area (Å²) >= 11 is 0. The second-order valence-electron chi connectivity index (χ2n) is 6.06. The molecule has 0 saturated heterocycles. The Kier molecular flexibility index (Phi) is 4.29. The number of benzene rings is 3. The van der Waals surface area contributed by atoms with Gasteiger partial charge >= 0.3 is 0 Å². The van der Waals surface area contributed by atoms with Crippen LogP contribution in [0.15, 0.2) is 88.2 Å². The van der Waals surface area contributed by atoms with E-state index in [1.165, 1.54) is 4.68 Å². The Balaban J connectivity index is 1.94. The molecule has 6 nitrogen and oxygen atoms in total. The number of hydrogen-bond acceptors (Lipinski definition) is 4. The van der Waals surface area contributed by atoms with E-state index in [0.717, 1.165) is 5.56 Å². The maximum atomic E-state index is 12.9. The number of rotatable bonds is 3. The number of para-hydroxylation sites is 1. The Morgan fingerprint density at radius 1 is 0.889 bits per heavy atom. The van der Waals surface area contributed by atoms with Crippen LogP contribution in [0.25, 0.3) is 11.0 Å². The fourth-order valence-electron chi connectivity index (χ4n) is 2.70. The Bertz CT molecular complexity index is 1230. The first-order valence-electron chi connectivity index (χ1n) is 8.32. The summed E-state index contributed by atoms with van der Waals surface area (Å²) in [6.07, 6.45) is 0. The van der Waals surface area contributed by atoms with Crippen molar-refractivity contribution in [3.05, 3.63) is 90.0 Å². The number of nitrogens with zero attached hydrogens (tertiary/aromatic N) is 4. The van der Waals surface area contributed by atoms with Crippen molar-refractivity contribution < 1.29 is 8.42 Å². The van der Waals surface area contributed by atoms with Gasteiger partial charge in [-0.1, -0.05) is 65.4 Å². The molecule has 0 spiro atoms. The molecule has 4 rings (SSSR count). The molecule has 0 fully saturated rings. The van der Waals surface area contributed by atoms with Crippen molar-refractivity contribution in [2.75, 3.05) is 0 Å². The Hall–Kier alpha value is -3.32. The van der Waals surface area contributed by atoms with Gasteiger partial charge in [-0.25, -0.2) is 0 Å². The summed E-state index contributed by atoms with van der Waals surface area (Å²) in [6, 6.07) is 23.0. The SMILES string of the molecule is Cc1ccc(S(=O)(=O)/N=C(\c2ccccc2)n2nnc3ccccc32)cc1. The van der Waals surface area contributed by atoms with Gasteiger partial charge in [0.25, 0.3) is 10.0 Å². The summed E-state index contributed by atoms with van der Waals surface area (Å²) in [5, 5.41) is 8.25. The number of sulfonamides is 1. The fraction of sp³-hybridized carbons (Fsp3) is 0.0500. The molecule has 3 aromatic carbocycles. The summed E-state index contributed by atoms with van der Waals surface area (Å²) < 4.78 is 31.4. The highest BCUT2D eigenvalue weighted by Gasteiger charge is 2.19. The Morgan fingerprint density at radius 2 is 1.56 bits per heavy atom. The third-order valence-electron chi connectivity index (χ3n) is 4.11. The van der Waals surface area contributed by atoms with E-state index < -0.39 is 10.0 Å². The van der Waals surface area contributed by atoms with Crippen molar-refractivity contribution in [2.45, 2.75) is 11.8 Å². The molecule has 0 atom stereocenters. The van der Waals surface area contributed by atoms with Crippen molar-refractivity contribution in [1.82, 2.24) is 15.0 Å². The van der Waals surface area contributed by atoms with Crippen molar-refractivity contribution in [3.8, 4) is 0 Å². The van der Waals surface area contributed by atoms with Crippen molar-refractivity contribution in [2.24, 2.45) is 4.40 Å². The normalized spacial score (nSPS) is 12.4. The van der Waals surface area contributed by atoms with Gasteiger partial charge in [0.05, 0.1) is 10.4 Å². The van der Waals surface area contributed by atoms with Gasteiger partial charge in [0.2, 0.25) is 0 Å². The predicted molar refractivity (Wildman–Crippen MR) is 104 cm³/mol. The van der Waals surface area contributed by atoms with E-state index in [1.807, 2.05) is 49.4 Å². The third kappa shape index (κ3) is 3.37. The molecule has 0 aliphatic carbocycles. The molecule has 27 heavy (non-hydrogen) atoms. The summed E-state index contributed by atoms with van der Waals surface area (Å²) in [5.74, 6) is 0.199. The number of aromatic nitrogens is 3. The van der Waals surface area contributed by atoms with Gasteiger partial charge in [0.1, 0.15) is 5.52 Å². The van der Waals surface area contributed by atoms with Gasteiger partial charge in [-0.15, -0.1) is 9.50 Å². The summed E-state index contributed by atoms with van der Waals surface area (Å²) in [6.45, 7) is 1.90. The smallest absolute Gasteiger partial charge is 0.199 e. The molecule has 0 radical (unpaired) electrons. The van der Waals surface area contributed by atoms with Crippen LogP contribution in [0.1, 0.15) is 11.1 Å². The molecule has 0 aliphatic heterocycles. The lowest BCUT2D eigenvalue weighted by Crippen LogP contribution is -2.17. The molecule has 0 bridgehead atoms. The average Bonchev–Trinajstić information content (AvgIpc) is 3.11. The molecule has 7 heteroatoms. The highest BCUT2D eigenvalue weighted by Crippen LogP contribution is 2.18. The summed E-state index contributed by atoms with van der Waals surface area (Å²) in [7, 11) is -3.92. The van der Waals surface area contributed by atoms with Gasteiger partial charge in [-0.2, -0.15) is 13.1 Å². The van der Waals surface area contributed by atoms with Crippen LogP contribution in [0.4, 0.5) is 0 Å². The molecule has 0 unspecified atom stereocenters. The minimum absolute atomic E-state index is 0.131. The van der Waals surface area contributed by atoms with Crippen molar-refractivity contribution in [3.63, 3.8) is 0 Å². The lowest BCUT2D eigenvalue weighted by atomic mass is 10.2. The molecule has 134 valence electrons. The Morgan fingerprint density at radius 3 is 2.30 bits per heavy atom. The zero-order valence-electron chi connectivity index (χ0n) is 14.5. The lowest BCUT2D eigenvalue weighted by molar-refractivity contribution is 0.597. The van der Waals surface area contributed by atoms with Gasteiger partial charge in [0.15, 0.2) is 5.84 Å². The van der Waals surface area contributed by atoms with Crippen molar-refractivity contribution in [1.29, 1.82) is 0 Å². The largest absolute Gasteiger partial charge is 0.284 e. The highest BCUT2D eigenvalue weighted by atomic mass is 32.2. The molecule has 1 heterocycles. The van der Waals surface area contributed by atoms with Crippen LogP contribution in [-0.4, -0.2) is 29.2 Å². The minimum Gasteiger partial charge on any atom is -0.199 e. The maximum Gasteiger partial charge on any atom is 0.284 e. The zero-order chi connectivity index (χ0) is 18.9. The lowest BCUT2D eigenvalue weighted by Gasteiger charge is -2.08. The topological polar surface area (TPSA) is 77.2 Å². The van der Waals surface area contributed by atoms with E-state index >= 15 is 0 Å². The molecular formula is C20H16N4O2S. The number of aryl methyl sites for hydroxylation is 1. The van der Waals surface area contributed by atoms with Gasteiger partial charge in [-0.05, 0) is 31.2 Å². The second-order valence-corrected chi connectivity index (χ2v) is 7.66. The summed E-state index contributed by atoms with van der Waals surface area (Å²) in [5.41, 5.74) is 2.94. The van der Waals surface area contributed by atoms with Crippen LogP contribution < -0.4 is 0 Å². The van der Waals surface area contributed by atoms with Crippen LogP contribution >= 0.6 is 0 Å².